The predicted octanol–water partition coefficient (Wildman–Crippen LogP) is 4.09. The Labute approximate surface area is 125 Å². The predicted molar refractivity (Wildman–Crippen MR) is 84.9 cm³/mol. The van der Waals surface area contributed by atoms with E-state index in [2.05, 4.69) is 32.9 Å². The van der Waals surface area contributed by atoms with Gasteiger partial charge in [0.25, 0.3) is 0 Å². The number of ether oxygens (including phenoxy) is 1. The lowest BCUT2D eigenvalue weighted by Crippen LogP contribution is -2.17. The molecule has 0 aliphatic rings. The fourth-order valence-corrected chi connectivity index (χ4v) is 2.94. The lowest BCUT2D eigenvalue weighted by Gasteiger charge is -2.13. The first kappa shape index (κ1) is 16.9. The molecule has 0 saturated carbocycles. The van der Waals surface area contributed by atoms with Crippen LogP contribution in [-0.4, -0.2) is 28.7 Å². The first-order valence-corrected chi connectivity index (χ1v) is 8.08. The third kappa shape index (κ3) is 5.08. The second-order valence-corrected chi connectivity index (χ2v) is 6.44. The lowest BCUT2D eigenvalue weighted by atomic mass is 9.98. The Morgan fingerprint density at radius 3 is 2.60 bits per heavy atom. The van der Waals surface area contributed by atoms with Crippen LogP contribution in [0, 0.1) is 6.92 Å². The maximum atomic E-state index is 10.9. The molecule has 0 amide bonds. The van der Waals surface area contributed by atoms with E-state index in [1.54, 1.807) is 0 Å². The van der Waals surface area contributed by atoms with Crippen LogP contribution in [0.5, 0.6) is 5.75 Å². The summed E-state index contributed by atoms with van der Waals surface area (Å²) in [6, 6.07) is 6.14. The highest BCUT2D eigenvalue weighted by Crippen LogP contribution is 2.23. The summed E-state index contributed by atoms with van der Waals surface area (Å²) in [6.07, 6.45) is 0.641. The molecule has 1 N–H and O–H groups in total. The van der Waals surface area contributed by atoms with Crippen molar-refractivity contribution >= 4 is 17.7 Å². The van der Waals surface area contributed by atoms with Crippen molar-refractivity contribution in [2.75, 3.05) is 12.4 Å². The van der Waals surface area contributed by atoms with Gasteiger partial charge in [0.05, 0.1) is 6.61 Å². The van der Waals surface area contributed by atoms with Crippen molar-refractivity contribution < 1.29 is 14.6 Å². The molecule has 0 spiro atoms. The van der Waals surface area contributed by atoms with Gasteiger partial charge in [-0.3, -0.25) is 4.79 Å². The summed E-state index contributed by atoms with van der Waals surface area (Å²) in [5.74, 6) is 1.32. The molecule has 4 heteroatoms. The molecule has 1 rings (SSSR count). The van der Waals surface area contributed by atoms with E-state index in [1.807, 2.05) is 13.0 Å². The first-order valence-electron chi connectivity index (χ1n) is 7.03. The minimum absolute atomic E-state index is 0.330. The van der Waals surface area contributed by atoms with Crippen molar-refractivity contribution in [2.24, 2.45) is 0 Å². The van der Waals surface area contributed by atoms with Gasteiger partial charge in [-0.15, -0.1) is 11.8 Å². The van der Waals surface area contributed by atoms with Gasteiger partial charge in [0, 0.05) is 5.75 Å². The van der Waals surface area contributed by atoms with Gasteiger partial charge in [0.1, 0.15) is 11.0 Å². The highest BCUT2D eigenvalue weighted by atomic mass is 32.2. The Kier molecular flexibility index (Phi) is 6.93. The minimum Gasteiger partial charge on any atom is -0.493 e. The van der Waals surface area contributed by atoms with Gasteiger partial charge < -0.3 is 9.84 Å². The number of rotatable bonds is 8. The van der Waals surface area contributed by atoms with Gasteiger partial charge >= 0.3 is 5.97 Å². The molecule has 0 aliphatic heterocycles. The fourth-order valence-electron chi connectivity index (χ4n) is 2.10. The van der Waals surface area contributed by atoms with Gasteiger partial charge in [0.2, 0.25) is 0 Å². The van der Waals surface area contributed by atoms with Crippen LogP contribution < -0.4 is 4.74 Å². The number of carbonyl (C=O) groups is 1. The van der Waals surface area contributed by atoms with Gasteiger partial charge in [-0.05, 0) is 42.5 Å². The maximum absolute atomic E-state index is 10.9. The van der Waals surface area contributed by atoms with Gasteiger partial charge in [-0.1, -0.05) is 26.8 Å². The van der Waals surface area contributed by atoms with Crippen LogP contribution in [-0.2, 0) is 4.79 Å². The Morgan fingerprint density at radius 2 is 2.10 bits per heavy atom. The molecule has 0 aromatic heterocycles. The number of aliphatic carboxylic acids is 1. The summed E-state index contributed by atoms with van der Waals surface area (Å²) < 4.78 is 5.68. The molecule has 1 atom stereocenters. The van der Waals surface area contributed by atoms with Crippen LogP contribution in [0.1, 0.15) is 44.2 Å². The normalized spacial score (nSPS) is 12.4. The third-order valence-electron chi connectivity index (χ3n) is 3.18. The van der Waals surface area contributed by atoms with Gasteiger partial charge in [-0.2, -0.15) is 0 Å². The monoisotopic (exact) mass is 296 g/mol. The van der Waals surface area contributed by atoms with Crippen LogP contribution in [0.3, 0.4) is 0 Å². The number of hydrogen-bond donors (Lipinski definition) is 1. The smallest absolute Gasteiger partial charge is 0.316 e. The molecule has 0 saturated heterocycles. The Bertz CT molecular complexity index is 443. The molecule has 1 aromatic rings. The van der Waals surface area contributed by atoms with Crippen LogP contribution >= 0.6 is 11.8 Å². The molecule has 0 heterocycles. The zero-order valence-electron chi connectivity index (χ0n) is 12.7. The molecule has 0 radical (unpaired) electrons. The Hall–Kier alpha value is -1.16. The summed E-state index contributed by atoms with van der Waals surface area (Å²) in [5, 5.41) is 8.62. The first-order chi connectivity index (χ1) is 9.45. The van der Waals surface area contributed by atoms with E-state index in [0.29, 0.717) is 24.7 Å². The topological polar surface area (TPSA) is 46.5 Å². The molecule has 20 heavy (non-hydrogen) atoms. The summed E-state index contributed by atoms with van der Waals surface area (Å²) in [5.41, 5.74) is 2.57. The Balaban J connectivity index is 2.43. The van der Waals surface area contributed by atoms with E-state index < -0.39 is 5.97 Å². The minimum atomic E-state index is -0.741. The van der Waals surface area contributed by atoms with E-state index in [1.165, 1.54) is 22.9 Å². The van der Waals surface area contributed by atoms with E-state index in [-0.39, 0.29) is 5.25 Å². The fraction of sp³-hybridized carbons (Fsp3) is 0.562. The Morgan fingerprint density at radius 1 is 1.40 bits per heavy atom. The molecular weight excluding hydrogens is 272 g/mol. The quantitative estimate of drug-likeness (QED) is 0.734. The number of benzene rings is 1. The van der Waals surface area contributed by atoms with E-state index in [4.69, 9.17) is 9.84 Å². The highest BCUT2D eigenvalue weighted by Gasteiger charge is 2.14. The number of carboxylic acid groups (broad SMARTS) is 1. The number of carboxylic acids is 1. The van der Waals surface area contributed by atoms with Crippen molar-refractivity contribution in [1.29, 1.82) is 0 Å². The second-order valence-electron chi connectivity index (χ2n) is 5.13. The zero-order chi connectivity index (χ0) is 15.1. The van der Waals surface area contributed by atoms with Crippen molar-refractivity contribution in [1.82, 2.24) is 0 Å². The van der Waals surface area contributed by atoms with Gasteiger partial charge in [0.15, 0.2) is 0 Å². The summed E-state index contributed by atoms with van der Waals surface area (Å²) in [7, 11) is 0. The standard InChI is InChI=1S/C16H24O3S/c1-5-15(16(17)18)20-9-8-19-13-6-7-14(11(2)3)12(4)10-13/h6-7,10-11,15H,5,8-9H2,1-4H3,(H,17,18). The SMILES string of the molecule is CCC(SCCOc1ccc(C(C)C)c(C)c1)C(=O)O. The molecule has 0 bridgehead atoms. The molecular formula is C16H24O3S. The van der Waals surface area contributed by atoms with Crippen LogP contribution in [0.15, 0.2) is 18.2 Å². The average molecular weight is 296 g/mol. The largest absolute Gasteiger partial charge is 0.493 e. The lowest BCUT2D eigenvalue weighted by molar-refractivity contribution is -0.136. The molecule has 0 fully saturated rings. The number of hydrogen-bond acceptors (Lipinski definition) is 3. The van der Waals surface area contributed by atoms with Crippen molar-refractivity contribution in [3.63, 3.8) is 0 Å². The van der Waals surface area contributed by atoms with Crippen LogP contribution in [0.25, 0.3) is 0 Å². The molecule has 1 unspecified atom stereocenters. The van der Waals surface area contributed by atoms with E-state index in [9.17, 15) is 4.79 Å². The molecule has 3 nitrogen and oxygen atoms in total. The zero-order valence-corrected chi connectivity index (χ0v) is 13.5. The number of aryl methyl sites for hydroxylation is 1. The van der Waals surface area contributed by atoms with Crippen molar-refractivity contribution in [3.8, 4) is 5.75 Å². The third-order valence-corrected chi connectivity index (χ3v) is 4.52. The van der Waals surface area contributed by atoms with Crippen LogP contribution in [0.2, 0.25) is 0 Å². The van der Waals surface area contributed by atoms with Crippen molar-refractivity contribution in [3.05, 3.63) is 29.3 Å². The summed E-state index contributed by atoms with van der Waals surface area (Å²) in [6.45, 7) is 8.87. The molecule has 0 aliphatic carbocycles. The molecule has 1 aromatic carbocycles. The average Bonchev–Trinajstić information content (AvgIpc) is 2.38. The van der Waals surface area contributed by atoms with Crippen LogP contribution in [0.4, 0.5) is 0 Å². The van der Waals surface area contributed by atoms with Crippen molar-refractivity contribution in [2.45, 2.75) is 45.3 Å². The van der Waals surface area contributed by atoms with E-state index >= 15 is 0 Å². The second kappa shape index (κ2) is 8.20. The van der Waals surface area contributed by atoms with Gasteiger partial charge in [-0.25, -0.2) is 0 Å². The summed E-state index contributed by atoms with van der Waals surface area (Å²) in [4.78, 5) is 10.9. The molecule has 112 valence electrons. The number of thioether (sulfide) groups is 1. The highest BCUT2D eigenvalue weighted by molar-refractivity contribution is 8.00. The maximum Gasteiger partial charge on any atom is 0.316 e. The summed E-state index contributed by atoms with van der Waals surface area (Å²) >= 11 is 1.44. The van der Waals surface area contributed by atoms with E-state index in [0.717, 1.165) is 5.75 Å².